The molecular weight excluding hydrogens is 224 g/mol. The molecule has 1 saturated heterocycles. The van der Waals surface area contributed by atoms with E-state index in [0.717, 1.165) is 30.8 Å². The van der Waals surface area contributed by atoms with E-state index < -0.39 is 0 Å². The molecule has 3 rings (SSSR count). The third-order valence-electron chi connectivity index (χ3n) is 3.45. The van der Waals surface area contributed by atoms with Crippen LogP contribution in [0.15, 0.2) is 40.9 Å². The molecule has 1 aromatic heterocycles. The Labute approximate surface area is 107 Å². The van der Waals surface area contributed by atoms with Crippen molar-refractivity contribution in [3.63, 3.8) is 0 Å². The fourth-order valence-corrected chi connectivity index (χ4v) is 2.52. The summed E-state index contributed by atoms with van der Waals surface area (Å²) in [4.78, 5) is 0. The number of rotatable bonds is 4. The Morgan fingerprint density at radius 3 is 2.94 bits per heavy atom. The summed E-state index contributed by atoms with van der Waals surface area (Å²) in [5.74, 6) is 0.953. The summed E-state index contributed by atoms with van der Waals surface area (Å²) in [6.07, 6.45) is 4.34. The highest BCUT2D eigenvalue weighted by Crippen LogP contribution is 2.14. The van der Waals surface area contributed by atoms with Gasteiger partial charge in [0.05, 0.1) is 5.69 Å². The van der Waals surface area contributed by atoms with E-state index in [4.69, 9.17) is 4.52 Å². The van der Waals surface area contributed by atoms with E-state index >= 15 is 0 Å². The number of aromatic nitrogens is 1. The predicted molar refractivity (Wildman–Crippen MR) is 70.5 cm³/mol. The minimum Gasteiger partial charge on any atom is -0.361 e. The van der Waals surface area contributed by atoms with Gasteiger partial charge in [-0.2, -0.15) is 0 Å². The molecule has 0 amide bonds. The first-order valence-electron chi connectivity index (χ1n) is 6.62. The summed E-state index contributed by atoms with van der Waals surface area (Å²) in [6, 6.07) is 13.0. The summed E-state index contributed by atoms with van der Waals surface area (Å²) in [6.45, 7) is 1.14. The molecule has 1 fully saturated rings. The van der Waals surface area contributed by atoms with E-state index in [1.165, 1.54) is 18.4 Å². The van der Waals surface area contributed by atoms with Gasteiger partial charge in [-0.15, -0.1) is 0 Å². The molecule has 1 unspecified atom stereocenters. The lowest BCUT2D eigenvalue weighted by atomic mass is 10.1. The lowest BCUT2D eigenvalue weighted by Crippen LogP contribution is -2.23. The van der Waals surface area contributed by atoms with Crippen LogP contribution in [0.2, 0.25) is 0 Å². The fourth-order valence-electron chi connectivity index (χ4n) is 2.52. The second-order valence-corrected chi connectivity index (χ2v) is 4.94. The van der Waals surface area contributed by atoms with Gasteiger partial charge in [0.1, 0.15) is 5.76 Å². The Bertz CT molecular complexity index is 486. The normalized spacial score (nSPS) is 19.2. The maximum Gasteiger partial charge on any atom is 0.141 e. The van der Waals surface area contributed by atoms with Gasteiger partial charge in [0.2, 0.25) is 0 Å². The van der Waals surface area contributed by atoms with Crippen LogP contribution in [0, 0.1) is 0 Å². The van der Waals surface area contributed by atoms with Crippen LogP contribution in [-0.4, -0.2) is 17.7 Å². The quantitative estimate of drug-likeness (QED) is 0.895. The number of nitrogens with one attached hydrogen (secondary N) is 1. The van der Waals surface area contributed by atoms with Gasteiger partial charge in [-0.3, -0.25) is 0 Å². The first kappa shape index (κ1) is 11.5. The molecule has 94 valence electrons. The molecule has 0 radical (unpaired) electrons. The van der Waals surface area contributed by atoms with Crippen LogP contribution in [0.3, 0.4) is 0 Å². The lowest BCUT2D eigenvalue weighted by Gasteiger charge is -2.05. The fraction of sp³-hybridized carbons (Fsp3) is 0.400. The third kappa shape index (κ3) is 2.79. The van der Waals surface area contributed by atoms with Gasteiger partial charge in [-0.1, -0.05) is 35.5 Å². The van der Waals surface area contributed by atoms with Gasteiger partial charge < -0.3 is 9.84 Å². The first-order chi connectivity index (χ1) is 8.90. The maximum atomic E-state index is 5.40. The molecule has 0 spiro atoms. The van der Waals surface area contributed by atoms with E-state index in [1.807, 2.05) is 6.07 Å². The van der Waals surface area contributed by atoms with Crippen molar-refractivity contribution in [2.24, 2.45) is 0 Å². The highest BCUT2D eigenvalue weighted by Gasteiger charge is 2.16. The van der Waals surface area contributed by atoms with Crippen molar-refractivity contribution < 1.29 is 4.52 Å². The van der Waals surface area contributed by atoms with Gasteiger partial charge >= 0.3 is 0 Å². The van der Waals surface area contributed by atoms with Crippen LogP contribution in [0.25, 0.3) is 0 Å². The third-order valence-corrected chi connectivity index (χ3v) is 3.45. The Balaban J connectivity index is 1.62. The van der Waals surface area contributed by atoms with Crippen molar-refractivity contribution in [1.82, 2.24) is 10.5 Å². The minimum absolute atomic E-state index is 0.583. The average Bonchev–Trinajstić information content (AvgIpc) is 3.03. The predicted octanol–water partition coefficient (Wildman–Crippen LogP) is 2.56. The summed E-state index contributed by atoms with van der Waals surface area (Å²) in [5, 5.41) is 7.64. The van der Waals surface area contributed by atoms with E-state index in [-0.39, 0.29) is 0 Å². The zero-order valence-electron chi connectivity index (χ0n) is 10.4. The number of benzene rings is 1. The zero-order valence-corrected chi connectivity index (χ0v) is 10.4. The molecule has 1 aliphatic rings. The van der Waals surface area contributed by atoms with Gasteiger partial charge in [0, 0.05) is 24.9 Å². The van der Waals surface area contributed by atoms with Crippen LogP contribution < -0.4 is 5.32 Å². The summed E-state index contributed by atoms with van der Waals surface area (Å²) >= 11 is 0. The van der Waals surface area contributed by atoms with E-state index in [2.05, 4.69) is 40.8 Å². The van der Waals surface area contributed by atoms with Crippen molar-refractivity contribution in [3.8, 4) is 0 Å². The highest BCUT2D eigenvalue weighted by molar-refractivity contribution is 5.21. The molecule has 1 N–H and O–H groups in total. The standard InChI is InChI=1S/C15H18N2O/c1-2-5-12(6-3-1)9-15-11-14(17-18-15)10-13-7-4-8-16-13/h1-3,5-6,11,13,16H,4,7-10H2. The molecule has 0 bridgehead atoms. The molecule has 3 heteroatoms. The topological polar surface area (TPSA) is 38.1 Å². The number of hydrogen-bond donors (Lipinski definition) is 1. The molecule has 1 atom stereocenters. The van der Waals surface area contributed by atoms with Crippen LogP contribution in [0.1, 0.15) is 29.9 Å². The molecule has 2 aromatic rings. The van der Waals surface area contributed by atoms with Crippen molar-refractivity contribution in [1.29, 1.82) is 0 Å². The molecule has 1 aromatic carbocycles. The van der Waals surface area contributed by atoms with Gasteiger partial charge in [-0.05, 0) is 24.9 Å². The van der Waals surface area contributed by atoms with Crippen LogP contribution in [-0.2, 0) is 12.8 Å². The van der Waals surface area contributed by atoms with Gasteiger partial charge in [-0.25, -0.2) is 0 Å². The Kier molecular flexibility index (Phi) is 3.42. The van der Waals surface area contributed by atoms with Crippen molar-refractivity contribution in [3.05, 3.63) is 53.4 Å². The maximum absolute atomic E-state index is 5.40. The monoisotopic (exact) mass is 242 g/mol. The van der Waals surface area contributed by atoms with E-state index in [0.29, 0.717) is 6.04 Å². The van der Waals surface area contributed by atoms with Gasteiger partial charge in [0.15, 0.2) is 0 Å². The first-order valence-corrected chi connectivity index (χ1v) is 6.62. The number of hydrogen-bond acceptors (Lipinski definition) is 3. The van der Waals surface area contributed by atoms with Crippen molar-refractivity contribution >= 4 is 0 Å². The zero-order chi connectivity index (χ0) is 12.2. The second-order valence-electron chi connectivity index (χ2n) is 4.94. The Hall–Kier alpha value is -1.61. The van der Waals surface area contributed by atoms with E-state index in [9.17, 15) is 0 Å². The summed E-state index contributed by atoms with van der Waals surface area (Å²) in [5.41, 5.74) is 2.33. The summed E-state index contributed by atoms with van der Waals surface area (Å²) < 4.78 is 5.40. The van der Waals surface area contributed by atoms with Crippen LogP contribution in [0.5, 0.6) is 0 Å². The highest BCUT2D eigenvalue weighted by atomic mass is 16.5. The molecule has 2 heterocycles. The number of nitrogens with zero attached hydrogens (tertiary/aromatic N) is 1. The largest absolute Gasteiger partial charge is 0.361 e. The van der Waals surface area contributed by atoms with Crippen molar-refractivity contribution in [2.45, 2.75) is 31.7 Å². The molecule has 3 nitrogen and oxygen atoms in total. The second kappa shape index (κ2) is 5.36. The van der Waals surface area contributed by atoms with Crippen LogP contribution >= 0.6 is 0 Å². The smallest absolute Gasteiger partial charge is 0.141 e. The molecule has 1 aliphatic heterocycles. The Morgan fingerprint density at radius 1 is 1.28 bits per heavy atom. The molecule has 0 saturated carbocycles. The molecule has 18 heavy (non-hydrogen) atoms. The van der Waals surface area contributed by atoms with E-state index in [1.54, 1.807) is 0 Å². The minimum atomic E-state index is 0.583. The summed E-state index contributed by atoms with van der Waals surface area (Å²) in [7, 11) is 0. The molecule has 0 aliphatic carbocycles. The average molecular weight is 242 g/mol. The van der Waals surface area contributed by atoms with Crippen molar-refractivity contribution in [2.75, 3.05) is 6.54 Å². The lowest BCUT2D eigenvalue weighted by molar-refractivity contribution is 0.380. The van der Waals surface area contributed by atoms with Gasteiger partial charge in [0.25, 0.3) is 0 Å². The SMILES string of the molecule is c1ccc(Cc2cc(CC3CCCN3)no2)cc1. The van der Waals surface area contributed by atoms with Crippen LogP contribution in [0.4, 0.5) is 0 Å². The Morgan fingerprint density at radius 2 is 2.17 bits per heavy atom. The molecular formula is C15H18N2O.